The smallest absolute Gasteiger partial charge is 0.248 e. The fourth-order valence-electron chi connectivity index (χ4n) is 2.08. The van der Waals surface area contributed by atoms with Crippen LogP contribution in [0.2, 0.25) is 0 Å². The predicted octanol–water partition coefficient (Wildman–Crippen LogP) is 3.14. The number of aromatic nitrogens is 1. The molecular weight excluding hydrogens is 255 g/mol. The van der Waals surface area contributed by atoms with Crippen LogP contribution in [-0.4, -0.2) is 10.9 Å². The van der Waals surface area contributed by atoms with Crippen molar-refractivity contribution in [3.8, 4) is 11.3 Å². The average Bonchev–Trinajstić information content (AvgIpc) is 2.47. The van der Waals surface area contributed by atoms with E-state index in [1.165, 1.54) is 6.07 Å². The maximum absolute atomic E-state index is 13.6. The Morgan fingerprint density at radius 2 is 1.75 bits per heavy atom. The van der Waals surface area contributed by atoms with E-state index in [1.54, 1.807) is 48.5 Å². The van der Waals surface area contributed by atoms with Crippen LogP contribution in [0.1, 0.15) is 10.4 Å². The molecule has 1 aromatic heterocycles. The number of carbonyl (C=O) groups is 1. The van der Waals surface area contributed by atoms with Crippen LogP contribution in [0.4, 0.5) is 4.39 Å². The van der Waals surface area contributed by atoms with E-state index in [9.17, 15) is 9.18 Å². The number of nitrogens with two attached hydrogens (primary N) is 1. The van der Waals surface area contributed by atoms with Crippen molar-refractivity contribution in [3.05, 3.63) is 66.0 Å². The van der Waals surface area contributed by atoms with E-state index >= 15 is 0 Å². The number of benzene rings is 2. The molecule has 3 rings (SSSR count). The zero-order valence-corrected chi connectivity index (χ0v) is 10.5. The molecule has 0 atom stereocenters. The second-order valence-electron chi connectivity index (χ2n) is 4.44. The van der Waals surface area contributed by atoms with Gasteiger partial charge < -0.3 is 5.73 Å². The molecule has 0 radical (unpaired) electrons. The summed E-state index contributed by atoms with van der Waals surface area (Å²) >= 11 is 0. The van der Waals surface area contributed by atoms with Gasteiger partial charge in [-0.15, -0.1) is 0 Å². The summed E-state index contributed by atoms with van der Waals surface area (Å²) in [6, 6.07) is 15.1. The summed E-state index contributed by atoms with van der Waals surface area (Å²) in [5, 5.41) is 0.491. The number of pyridine rings is 1. The van der Waals surface area contributed by atoms with Crippen molar-refractivity contribution < 1.29 is 9.18 Å². The lowest BCUT2D eigenvalue weighted by molar-refractivity contribution is 0.100. The van der Waals surface area contributed by atoms with Gasteiger partial charge in [-0.2, -0.15) is 0 Å². The summed E-state index contributed by atoms with van der Waals surface area (Å²) in [6.45, 7) is 0. The molecular formula is C16H11FN2O. The van der Waals surface area contributed by atoms with E-state index < -0.39 is 5.91 Å². The van der Waals surface area contributed by atoms with Crippen LogP contribution in [0, 0.1) is 5.82 Å². The molecule has 1 amide bonds. The molecule has 3 aromatic rings. The normalized spacial score (nSPS) is 10.7. The topological polar surface area (TPSA) is 56.0 Å². The third-order valence-corrected chi connectivity index (χ3v) is 3.14. The third-order valence-electron chi connectivity index (χ3n) is 3.14. The number of hydrogen-bond acceptors (Lipinski definition) is 2. The van der Waals surface area contributed by atoms with Crippen molar-refractivity contribution in [2.45, 2.75) is 0 Å². The minimum Gasteiger partial charge on any atom is -0.366 e. The molecule has 0 unspecified atom stereocenters. The molecule has 0 saturated heterocycles. The van der Waals surface area contributed by atoms with Crippen molar-refractivity contribution in [3.63, 3.8) is 0 Å². The van der Waals surface area contributed by atoms with E-state index in [2.05, 4.69) is 4.98 Å². The third kappa shape index (κ3) is 2.12. The van der Waals surface area contributed by atoms with E-state index in [0.717, 1.165) is 11.3 Å². The van der Waals surface area contributed by atoms with Gasteiger partial charge in [0.25, 0.3) is 0 Å². The Balaban J connectivity index is 2.08. The number of primary amides is 1. The van der Waals surface area contributed by atoms with Gasteiger partial charge in [0, 0.05) is 16.5 Å². The van der Waals surface area contributed by atoms with Gasteiger partial charge in [0.1, 0.15) is 5.82 Å². The number of carbonyl (C=O) groups excluding carboxylic acids is 1. The van der Waals surface area contributed by atoms with Gasteiger partial charge in [0.05, 0.1) is 11.2 Å². The van der Waals surface area contributed by atoms with E-state index in [0.29, 0.717) is 16.5 Å². The van der Waals surface area contributed by atoms with Crippen molar-refractivity contribution in [1.29, 1.82) is 0 Å². The molecule has 0 saturated carbocycles. The Morgan fingerprint density at radius 1 is 1.00 bits per heavy atom. The van der Waals surface area contributed by atoms with Gasteiger partial charge in [-0.25, -0.2) is 9.37 Å². The number of fused-ring (bicyclic) bond motifs is 1. The number of rotatable bonds is 2. The molecule has 2 N–H and O–H groups in total. The average molecular weight is 266 g/mol. The van der Waals surface area contributed by atoms with Gasteiger partial charge in [0.15, 0.2) is 0 Å². The molecule has 4 heteroatoms. The Kier molecular flexibility index (Phi) is 2.91. The number of amides is 1. The summed E-state index contributed by atoms with van der Waals surface area (Å²) in [6.07, 6.45) is 0. The molecule has 0 aliphatic heterocycles. The number of nitrogens with zero attached hydrogens (tertiary/aromatic N) is 1. The highest BCUT2D eigenvalue weighted by molar-refractivity contribution is 5.93. The lowest BCUT2D eigenvalue weighted by atomic mass is 10.1. The molecule has 0 bridgehead atoms. The van der Waals surface area contributed by atoms with Crippen molar-refractivity contribution in [2.24, 2.45) is 5.73 Å². The lowest BCUT2D eigenvalue weighted by Crippen LogP contribution is -2.10. The summed E-state index contributed by atoms with van der Waals surface area (Å²) in [7, 11) is 0. The van der Waals surface area contributed by atoms with Crippen LogP contribution in [-0.2, 0) is 0 Å². The Labute approximate surface area is 114 Å². The van der Waals surface area contributed by atoms with Crippen LogP contribution in [0.5, 0.6) is 0 Å². The van der Waals surface area contributed by atoms with Crippen molar-refractivity contribution >= 4 is 16.8 Å². The van der Waals surface area contributed by atoms with Gasteiger partial charge in [0.2, 0.25) is 5.91 Å². The largest absolute Gasteiger partial charge is 0.366 e. The number of halogens is 1. The first-order valence-corrected chi connectivity index (χ1v) is 6.11. The van der Waals surface area contributed by atoms with Gasteiger partial charge in [-0.3, -0.25) is 4.79 Å². The fraction of sp³-hybridized carbons (Fsp3) is 0. The second kappa shape index (κ2) is 4.74. The van der Waals surface area contributed by atoms with E-state index in [-0.39, 0.29) is 5.82 Å². The second-order valence-corrected chi connectivity index (χ2v) is 4.44. The first-order valence-electron chi connectivity index (χ1n) is 6.11. The van der Waals surface area contributed by atoms with Crippen LogP contribution >= 0.6 is 0 Å². The molecule has 1 heterocycles. The quantitative estimate of drug-likeness (QED) is 0.774. The maximum Gasteiger partial charge on any atom is 0.248 e. The zero-order chi connectivity index (χ0) is 14.1. The maximum atomic E-state index is 13.6. The Morgan fingerprint density at radius 3 is 2.45 bits per heavy atom. The molecule has 2 aromatic carbocycles. The Bertz CT molecular complexity index is 797. The zero-order valence-electron chi connectivity index (χ0n) is 10.5. The first kappa shape index (κ1) is 12.3. The predicted molar refractivity (Wildman–Crippen MR) is 75.7 cm³/mol. The van der Waals surface area contributed by atoms with Gasteiger partial charge >= 0.3 is 0 Å². The summed E-state index contributed by atoms with van der Waals surface area (Å²) in [4.78, 5) is 15.5. The van der Waals surface area contributed by atoms with Crippen LogP contribution < -0.4 is 5.73 Å². The highest BCUT2D eigenvalue weighted by Crippen LogP contribution is 2.22. The summed E-state index contributed by atoms with van der Waals surface area (Å²) < 4.78 is 13.6. The summed E-state index contributed by atoms with van der Waals surface area (Å²) in [5.41, 5.74) is 7.81. The molecule has 0 aliphatic carbocycles. The minimum absolute atomic E-state index is 0.286. The SMILES string of the molecule is NC(=O)c1ccc(-c2ccc3c(F)cccc3n2)cc1. The number of hydrogen-bond donors (Lipinski definition) is 1. The molecule has 0 fully saturated rings. The van der Waals surface area contributed by atoms with Crippen LogP contribution in [0.25, 0.3) is 22.2 Å². The molecule has 20 heavy (non-hydrogen) atoms. The molecule has 0 aliphatic rings. The highest BCUT2D eigenvalue weighted by atomic mass is 19.1. The fourth-order valence-corrected chi connectivity index (χ4v) is 2.08. The minimum atomic E-state index is -0.468. The summed E-state index contributed by atoms with van der Waals surface area (Å²) in [5.74, 6) is -0.754. The molecule has 0 spiro atoms. The van der Waals surface area contributed by atoms with E-state index in [1.807, 2.05) is 0 Å². The van der Waals surface area contributed by atoms with Crippen LogP contribution in [0.15, 0.2) is 54.6 Å². The van der Waals surface area contributed by atoms with Gasteiger partial charge in [-0.1, -0.05) is 18.2 Å². The molecule has 3 nitrogen and oxygen atoms in total. The standard InChI is InChI=1S/C16H11FN2O/c17-13-2-1-3-15-12(13)8-9-14(19-15)10-4-6-11(7-5-10)16(18)20/h1-9H,(H2,18,20). The first-order chi connectivity index (χ1) is 9.65. The lowest BCUT2D eigenvalue weighted by Gasteiger charge is -2.04. The Hall–Kier alpha value is -2.75. The van der Waals surface area contributed by atoms with Crippen molar-refractivity contribution in [2.75, 3.05) is 0 Å². The highest BCUT2D eigenvalue weighted by Gasteiger charge is 2.05. The van der Waals surface area contributed by atoms with Gasteiger partial charge in [-0.05, 0) is 36.4 Å². The molecule has 98 valence electrons. The van der Waals surface area contributed by atoms with Crippen molar-refractivity contribution in [1.82, 2.24) is 4.98 Å². The van der Waals surface area contributed by atoms with E-state index in [4.69, 9.17) is 5.73 Å². The van der Waals surface area contributed by atoms with Crippen LogP contribution in [0.3, 0.4) is 0 Å². The monoisotopic (exact) mass is 266 g/mol.